The third-order valence-corrected chi connectivity index (χ3v) is 1.82. The summed E-state index contributed by atoms with van der Waals surface area (Å²) < 4.78 is 2.58. The minimum atomic E-state index is 0.765. The van der Waals surface area contributed by atoms with Gasteiger partial charge in [0, 0.05) is 18.5 Å². The highest BCUT2D eigenvalue weighted by Gasteiger charge is 1.96. The minimum Gasteiger partial charge on any atom is -0.290 e. The largest absolute Gasteiger partial charge is 0.290 e. The third-order valence-electron chi connectivity index (χ3n) is 1.39. The lowest BCUT2D eigenvalue weighted by Crippen LogP contribution is -1.94. The first-order chi connectivity index (χ1) is 5.86. The number of hydrogen-bond acceptors (Lipinski definition) is 3. The Kier molecular flexibility index (Phi) is 1.87. The monoisotopic (exact) mass is 224 g/mol. The Hall–Kier alpha value is -1.23. The van der Waals surface area contributed by atoms with E-state index in [1.807, 2.05) is 16.8 Å². The summed E-state index contributed by atoms with van der Waals surface area (Å²) in [5, 5.41) is 0. The number of imidazole rings is 1. The first-order valence-electron chi connectivity index (χ1n) is 3.32. The van der Waals surface area contributed by atoms with E-state index in [2.05, 4.69) is 30.9 Å². The lowest BCUT2D eigenvalue weighted by atomic mass is 10.6. The molecular formula is C7H5BrN4. The second-order valence-electron chi connectivity index (χ2n) is 2.17. The van der Waals surface area contributed by atoms with Crippen LogP contribution in [0.4, 0.5) is 0 Å². The molecule has 2 aromatic heterocycles. The standard InChI is InChI=1S/C7H5BrN4/c8-6-3-7(11-4-10-6)12-2-1-9-5-12/h1-5H. The van der Waals surface area contributed by atoms with E-state index in [9.17, 15) is 0 Å². The van der Waals surface area contributed by atoms with Crippen molar-refractivity contribution in [2.24, 2.45) is 0 Å². The topological polar surface area (TPSA) is 43.6 Å². The fourth-order valence-electron chi connectivity index (χ4n) is 0.860. The van der Waals surface area contributed by atoms with Crippen LogP contribution in [0, 0.1) is 0 Å². The molecule has 0 amide bonds. The molecule has 0 bridgehead atoms. The van der Waals surface area contributed by atoms with Gasteiger partial charge in [-0.1, -0.05) is 0 Å². The molecule has 0 N–H and O–H groups in total. The highest BCUT2D eigenvalue weighted by atomic mass is 79.9. The van der Waals surface area contributed by atoms with Crippen molar-refractivity contribution in [2.75, 3.05) is 0 Å². The van der Waals surface area contributed by atoms with Crippen molar-refractivity contribution in [3.8, 4) is 5.82 Å². The predicted molar refractivity (Wildman–Crippen MR) is 46.9 cm³/mol. The van der Waals surface area contributed by atoms with E-state index in [0.717, 1.165) is 10.4 Å². The van der Waals surface area contributed by atoms with Crippen LogP contribution < -0.4 is 0 Å². The third kappa shape index (κ3) is 1.35. The summed E-state index contributed by atoms with van der Waals surface area (Å²) in [5.74, 6) is 0.800. The molecule has 0 aromatic carbocycles. The molecule has 0 atom stereocenters. The first kappa shape index (κ1) is 7.42. The van der Waals surface area contributed by atoms with Gasteiger partial charge in [-0.2, -0.15) is 0 Å². The van der Waals surface area contributed by atoms with E-state index in [-0.39, 0.29) is 0 Å². The van der Waals surface area contributed by atoms with Gasteiger partial charge in [0.15, 0.2) is 0 Å². The SMILES string of the molecule is Brc1cc(-n2ccnc2)ncn1. The number of halogens is 1. The number of hydrogen-bond donors (Lipinski definition) is 0. The maximum Gasteiger partial charge on any atom is 0.142 e. The normalized spacial score (nSPS) is 10.1. The molecule has 2 aromatic rings. The molecule has 0 aliphatic rings. The summed E-state index contributed by atoms with van der Waals surface area (Å²) in [7, 11) is 0. The van der Waals surface area contributed by atoms with Crippen LogP contribution in [0.5, 0.6) is 0 Å². The van der Waals surface area contributed by atoms with Gasteiger partial charge in [-0.3, -0.25) is 4.57 Å². The molecule has 0 saturated carbocycles. The smallest absolute Gasteiger partial charge is 0.142 e. The second-order valence-corrected chi connectivity index (χ2v) is 2.98. The van der Waals surface area contributed by atoms with Crippen molar-refractivity contribution in [2.45, 2.75) is 0 Å². The van der Waals surface area contributed by atoms with Crippen molar-refractivity contribution in [3.05, 3.63) is 35.7 Å². The zero-order chi connectivity index (χ0) is 8.39. The van der Waals surface area contributed by atoms with Gasteiger partial charge in [0.2, 0.25) is 0 Å². The maximum absolute atomic E-state index is 4.06. The van der Waals surface area contributed by atoms with Crippen LogP contribution in [0.15, 0.2) is 35.7 Å². The summed E-state index contributed by atoms with van der Waals surface area (Å²) in [6, 6.07) is 1.82. The maximum atomic E-state index is 4.06. The molecule has 12 heavy (non-hydrogen) atoms. The highest BCUT2D eigenvalue weighted by molar-refractivity contribution is 9.10. The molecule has 0 aliphatic heterocycles. The Morgan fingerprint density at radius 2 is 2.25 bits per heavy atom. The van der Waals surface area contributed by atoms with Crippen LogP contribution in [-0.4, -0.2) is 19.5 Å². The van der Waals surface area contributed by atoms with Crippen molar-refractivity contribution >= 4 is 15.9 Å². The van der Waals surface area contributed by atoms with Gasteiger partial charge in [-0.25, -0.2) is 15.0 Å². The molecule has 4 nitrogen and oxygen atoms in total. The molecule has 0 fully saturated rings. The summed E-state index contributed by atoms with van der Waals surface area (Å²) in [6.07, 6.45) is 6.72. The van der Waals surface area contributed by atoms with E-state index in [4.69, 9.17) is 0 Å². The number of rotatable bonds is 1. The van der Waals surface area contributed by atoms with Crippen molar-refractivity contribution < 1.29 is 0 Å². The summed E-state index contributed by atoms with van der Waals surface area (Å²) in [4.78, 5) is 11.9. The molecule has 2 heterocycles. The van der Waals surface area contributed by atoms with E-state index < -0.39 is 0 Å². The lowest BCUT2D eigenvalue weighted by molar-refractivity contribution is 0.963. The van der Waals surface area contributed by atoms with Crippen LogP contribution >= 0.6 is 15.9 Å². The van der Waals surface area contributed by atoms with Crippen molar-refractivity contribution in [1.82, 2.24) is 19.5 Å². The van der Waals surface area contributed by atoms with Gasteiger partial charge >= 0.3 is 0 Å². The van der Waals surface area contributed by atoms with E-state index in [0.29, 0.717) is 0 Å². The van der Waals surface area contributed by atoms with Crippen LogP contribution in [0.3, 0.4) is 0 Å². The Morgan fingerprint density at radius 1 is 1.33 bits per heavy atom. The molecule has 5 heteroatoms. The van der Waals surface area contributed by atoms with E-state index in [1.54, 1.807) is 12.5 Å². The van der Waals surface area contributed by atoms with Crippen LogP contribution in [0.1, 0.15) is 0 Å². The van der Waals surface area contributed by atoms with Gasteiger partial charge in [0.1, 0.15) is 23.1 Å². The molecular weight excluding hydrogens is 220 g/mol. The highest BCUT2D eigenvalue weighted by Crippen LogP contribution is 2.08. The Morgan fingerprint density at radius 3 is 2.92 bits per heavy atom. The molecule has 60 valence electrons. The summed E-state index contributed by atoms with van der Waals surface area (Å²) in [5.41, 5.74) is 0. The quantitative estimate of drug-likeness (QED) is 0.689. The lowest BCUT2D eigenvalue weighted by Gasteiger charge is -1.98. The summed E-state index contributed by atoms with van der Waals surface area (Å²) >= 11 is 3.26. The Labute approximate surface area is 77.4 Å². The fraction of sp³-hybridized carbons (Fsp3) is 0. The summed E-state index contributed by atoms with van der Waals surface area (Å²) in [6.45, 7) is 0. The van der Waals surface area contributed by atoms with E-state index >= 15 is 0 Å². The molecule has 0 radical (unpaired) electrons. The number of nitrogens with zero attached hydrogens (tertiary/aromatic N) is 4. The molecule has 0 unspecified atom stereocenters. The van der Waals surface area contributed by atoms with Crippen molar-refractivity contribution in [1.29, 1.82) is 0 Å². The average molecular weight is 225 g/mol. The van der Waals surface area contributed by atoms with Crippen molar-refractivity contribution in [3.63, 3.8) is 0 Å². The van der Waals surface area contributed by atoms with Crippen LogP contribution in [0.2, 0.25) is 0 Å². The van der Waals surface area contributed by atoms with Gasteiger partial charge in [0.25, 0.3) is 0 Å². The Balaban J connectivity index is 2.48. The van der Waals surface area contributed by atoms with Gasteiger partial charge in [-0.15, -0.1) is 0 Å². The molecule has 0 aliphatic carbocycles. The van der Waals surface area contributed by atoms with Crippen LogP contribution in [-0.2, 0) is 0 Å². The average Bonchev–Trinajstić information content (AvgIpc) is 2.56. The molecule has 0 saturated heterocycles. The van der Waals surface area contributed by atoms with Gasteiger partial charge < -0.3 is 0 Å². The zero-order valence-corrected chi connectivity index (χ0v) is 7.64. The van der Waals surface area contributed by atoms with E-state index in [1.165, 1.54) is 6.33 Å². The number of aromatic nitrogens is 4. The minimum absolute atomic E-state index is 0.765. The second kappa shape index (κ2) is 3.02. The fourth-order valence-corrected chi connectivity index (χ4v) is 1.16. The zero-order valence-electron chi connectivity index (χ0n) is 6.05. The molecule has 2 rings (SSSR count). The van der Waals surface area contributed by atoms with Crippen LogP contribution in [0.25, 0.3) is 5.82 Å². The van der Waals surface area contributed by atoms with Gasteiger partial charge in [0.05, 0.1) is 0 Å². The first-order valence-corrected chi connectivity index (χ1v) is 4.11. The Bertz CT molecular complexity index is 371. The predicted octanol–water partition coefficient (Wildman–Crippen LogP) is 1.42. The van der Waals surface area contributed by atoms with Gasteiger partial charge in [-0.05, 0) is 15.9 Å². The molecule has 0 spiro atoms.